The van der Waals surface area contributed by atoms with E-state index in [0.717, 1.165) is 11.3 Å². The summed E-state index contributed by atoms with van der Waals surface area (Å²) in [5, 5.41) is 0. The first kappa shape index (κ1) is 12.2. The Bertz CT molecular complexity index is 443. The van der Waals surface area contributed by atoms with Crippen LogP contribution in [0.25, 0.3) is 0 Å². The molecule has 0 saturated carbocycles. The van der Waals surface area contributed by atoms with E-state index in [-0.39, 0.29) is 11.4 Å². The van der Waals surface area contributed by atoms with Crippen molar-refractivity contribution in [2.45, 2.75) is 13.3 Å². The number of allylic oxidation sites excluding steroid dienone is 7. The Balaban J connectivity index is 2.07. The van der Waals surface area contributed by atoms with Crippen LogP contribution < -0.4 is 0 Å². The molecular weight excluding hydrogens is 232 g/mol. The van der Waals surface area contributed by atoms with Crippen LogP contribution in [0.4, 0.5) is 0 Å². The van der Waals surface area contributed by atoms with Crippen LogP contribution in [-0.4, -0.2) is 18.8 Å². The SMILES string of the molecule is COC(=O)CSC1=CC2=CC=CCC2(C)C=C1. The summed E-state index contributed by atoms with van der Waals surface area (Å²) in [5.74, 6) is 0.183. The molecule has 2 nitrogen and oxygen atoms in total. The summed E-state index contributed by atoms with van der Waals surface area (Å²) in [7, 11) is 1.42. The van der Waals surface area contributed by atoms with Crippen molar-refractivity contribution in [2.24, 2.45) is 5.41 Å². The number of carbonyl (C=O) groups is 1. The zero-order chi connectivity index (χ0) is 12.3. The Morgan fingerprint density at radius 3 is 3.18 bits per heavy atom. The summed E-state index contributed by atoms with van der Waals surface area (Å²) in [5.41, 5.74) is 1.44. The largest absolute Gasteiger partial charge is 0.468 e. The van der Waals surface area contributed by atoms with Gasteiger partial charge >= 0.3 is 5.97 Å². The second-order valence-corrected chi connectivity index (χ2v) is 5.47. The van der Waals surface area contributed by atoms with E-state index in [1.54, 1.807) is 0 Å². The van der Waals surface area contributed by atoms with Gasteiger partial charge in [0, 0.05) is 10.3 Å². The van der Waals surface area contributed by atoms with Crippen LogP contribution in [0.5, 0.6) is 0 Å². The number of fused-ring (bicyclic) bond motifs is 1. The third kappa shape index (κ3) is 2.72. The highest BCUT2D eigenvalue weighted by Gasteiger charge is 2.27. The van der Waals surface area contributed by atoms with Crippen LogP contribution >= 0.6 is 11.8 Å². The van der Waals surface area contributed by atoms with Crippen LogP contribution in [-0.2, 0) is 9.53 Å². The molecule has 3 heteroatoms. The Hall–Kier alpha value is -1.22. The minimum absolute atomic E-state index is 0.129. The summed E-state index contributed by atoms with van der Waals surface area (Å²) in [4.78, 5) is 12.2. The topological polar surface area (TPSA) is 26.3 Å². The highest BCUT2D eigenvalue weighted by Crippen LogP contribution is 2.41. The predicted octanol–water partition coefficient (Wildman–Crippen LogP) is 3.24. The first-order valence-corrected chi connectivity index (χ1v) is 6.60. The molecule has 0 aromatic rings. The molecule has 0 aromatic carbocycles. The van der Waals surface area contributed by atoms with Gasteiger partial charge in [0.1, 0.15) is 0 Å². The number of thioether (sulfide) groups is 1. The molecule has 0 aromatic heterocycles. The molecule has 1 atom stereocenters. The second-order valence-electron chi connectivity index (χ2n) is 4.42. The molecule has 17 heavy (non-hydrogen) atoms. The van der Waals surface area contributed by atoms with E-state index >= 15 is 0 Å². The standard InChI is InChI=1S/C14H16O2S/c1-14-7-4-3-5-11(14)9-12(6-8-14)17-10-13(15)16-2/h3-6,8-9H,7,10H2,1-2H3. The second kappa shape index (κ2) is 4.96. The summed E-state index contributed by atoms with van der Waals surface area (Å²) >= 11 is 1.52. The molecule has 0 bridgehead atoms. The number of rotatable bonds is 3. The van der Waals surface area contributed by atoms with Crippen LogP contribution in [0.3, 0.4) is 0 Å². The van der Waals surface area contributed by atoms with Crippen molar-refractivity contribution in [1.82, 2.24) is 0 Å². The van der Waals surface area contributed by atoms with Crippen molar-refractivity contribution < 1.29 is 9.53 Å². The van der Waals surface area contributed by atoms with Gasteiger partial charge in [0.2, 0.25) is 0 Å². The highest BCUT2D eigenvalue weighted by molar-refractivity contribution is 8.03. The number of ether oxygens (including phenoxy) is 1. The molecule has 2 aliphatic rings. The van der Waals surface area contributed by atoms with Crippen LogP contribution in [0.15, 0.2) is 46.9 Å². The molecule has 2 rings (SSSR count). The predicted molar refractivity (Wildman–Crippen MR) is 71.6 cm³/mol. The summed E-state index contributed by atoms with van der Waals surface area (Å²) in [6.07, 6.45) is 14.0. The van der Waals surface area contributed by atoms with Crippen molar-refractivity contribution in [3.63, 3.8) is 0 Å². The molecular formula is C14H16O2S. The number of esters is 1. The molecule has 90 valence electrons. The van der Waals surface area contributed by atoms with Crippen LogP contribution in [0.2, 0.25) is 0 Å². The minimum Gasteiger partial charge on any atom is -0.468 e. The van der Waals surface area contributed by atoms with E-state index in [1.165, 1.54) is 24.4 Å². The van der Waals surface area contributed by atoms with Crippen molar-refractivity contribution >= 4 is 17.7 Å². The fraction of sp³-hybridized carbons (Fsp3) is 0.357. The maximum atomic E-state index is 11.1. The third-order valence-electron chi connectivity index (χ3n) is 3.11. The van der Waals surface area contributed by atoms with Gasteiger partial charge in [-0.05, 0) is 18.1 Å². The van der Waals surface area contributed by atoms with Gasteiger partial charge in [-0.25, -0.2) is 0 Å². The highest BCUT2D eigenvalue weighted by atomic mass is 32.2. The van der Waals surface area contributed by atoms with Gasteiger partial charge in [0.05, 0.1) is 12.9 Å². The Morgan fingerprint density at radius 2 is 2.41 bits per heavy atom. The third-order valence-corrected chi connectivity index (χ3v) is 4.08. The average molecular weight is 248 g/mol. The van der Waals surface area contributed by atoms with Gasteiger partial charge in [-0.2, -0.15) is 0 Å². The lowest BCUT2D eigenvalue weighted by atomic mass is 9.74. The zero-order valence-electron chi connectivity index (χ0n) is 10.1. The quantitative estimate of drug-likeness (QED) is 0.717. The van der Waals surface area contributed by atoms with Crippen molar-refractivity contribution in [1.29, 1.82) is 0 Å². The first-order valence-electron chi connectivity index (χ1n) is 5.62. The molecule has 0 radical (unpaired) electrons. The fourth-order valence-corrected chi connectivity index (χ4v) is 2.71. The maximum Gasteiger partial charge on any atom is 0.315 e. The van der Waals surface area contributed by atoms with Crippen LogP contribution in [0.1, 0.15) is 13.3 Å². The fourth-order valence-electron chi connectivity index (χ4n) is 1.93. The average Bonchev–Trinajstić information content (AvgIpc) is 2.35. The van der Waals surface area contributed by atoms with E-state index < -0.39 is 0 Å². The normalized spacial score (nSPS) is 26.0. The lowest BCUT2D eigenvalue weighted by molar-refractivity contribution is -0.137. The van der Waals surface area contributed by atoms with Crippen LogP contribution in [0, 0.1) is 5.41 Å². The summed E-state index contributed by atoms with van der Waals surface area (Å²) in [6.45, 7) is 2.23. The lowest BCUT2D eigenvalue weighted by Gasteiger charge is -2.31. The van der Waals surface area contributed by atoms with Gasteiger partial charge in [0.15, 0.2) is 0 Å². The minimum atomic E-state index is -0.185. The maximum absolute atomic E-state index is 11.1. The zero-order valence-corrected chi connectivity index (χ0v) is 10.9. The number of hydrogen-bond acceptors (Lipinski definition) is 3. The molecule has 0 fully saturated rings. The van der Waals surface area contributed by atoms with E-state index in [4.69, 9.17) is 0 Å². The summed E-state index contributed by atoms with van der Waals surface area (Å²) in [6, 6.07) is 0. The van der Waals surface area contributed by atoms with Crippen molar-refractivity contribution in [3.05, 3.63) is 46.9 Å². The molecule has 0 N–H and O–H groups in total. The Kier molecular flexibility index (Phi) is 3.57. The van der Waals surface area contributed by atoms with E-state index in [0.29, 0.717) is 5.75 Å². The first-order chi connectivity index (χ1) is 8.14. The van der Waals surface area contributed by atoms with Gasteiger partial charge in [-0.15, -0.1) is 11.8 Å². The molecule has 0 heterocycles. The van der Waals surface area contributed by atoms with Gasteiger partial charge in [-0.1, -0.05) is 37.3 Å². The van der Waals surface area contributed by atoms with Gasteiger partial charge in [0.25, 0.3) is 0 Å². The monoisotopic (exact) mass is 248 g/mol. The van der Waals surface area contributed by atoms with Gasteiger partial charge < -0.3 is 4.74 Å². The van der Waals surface area contributed by atoms with E-state index in [2.05, 4.69) is 48.1 Å². The van der Waals surface area contributed by atoms with E-state index in [9.17, 15) is 4.79 Å². The molecule has 0 aliphatic heterocycles. The van der Waals surface area contributed by atoms with Gasteiger partial charge in [-0.3, -0.25) is 4.79 Å². The van der Waals surface area contributed by atoms with Crippen molar-refractivity contribution in [2.75, 3.05) is 12.9 Å². The smallest absolute Gasteiger partial charge is 0.315 e. The summed E-state index contributed by atoms with van der Waals surface area (Å²) < 4.78 is 4.63. The molecule has 1 unspecified atom stereocenters. The van der Waals surface area contributed by atoms with Crippen molar-refractivity contribution in [3.8, 4) is 0 Å². The Morgan fingerprint density at radius 1 is 1.59 bits per heavy atom. The van der Waals surface area contributed by atoms with E-state index in [1.807, 2.05) is 0 Å². The molecule has 0 saturated heterocycles. The molecule has 0 amide bonds. The molecule has 2 aliphatic carbocycles. The molecule has 0 spiro atoms. The number of carbonyl (C=O) groups excluding carboxylic acids is 1. The number of hydrogen-bond donors (Lipinski definition) is 0. The Labute approximate surface area is 106 Å². The lowest BCUT2D eigenvalue weighted by Crippen LogP contribution is -2.18. The number of methoxy groups -OCH3 is 1.